The van der Waals surface area contributed by atoms with Gasteiger partial charge in [-0.25, -0.2) is 4.99 Å². The van der Waals surface area contributed by atoms with Gasteiger partial charge in [0.15, 0.2) is 0 Å². The van der Waals surface area contributed by atoms with Crippen LogP contribution in [0.25, 0.3) is 0 Å². The Kier molecular flexibility index (Phi) is 7.42. The molecule has 0 unspecified atom stereocenters. The maximum atomic E-state index is 9.00. The lowest BCUT2D eigenvalue weighted by atomic mass is 10.3. The van der Waals surface area contributed by atoms with Crippen LogP contribution in [0.3, 0.4) is 0 Å². The monoisotopic (exact) mass is 347 g/mol. The molecule has 0 atom stereocenters. The molecule has 0 saturated carbocycles. The Morgan fingerprint density at radius 2 is 1.08 bits per heavy atom. The SMILES string of the molecule is CC(=O)O.c1ccc(N=C(Nc2ccccc2)Nc2ccccc2)cc1. The molecule has 0 aliphatic rings. The molecule has 3 N–H and O–H groups in total. The molecule has 26 heavy (non-hydrogen) atoms. The molecule has 5 heteroatoms. The van der Waals surface area contributed by atoms with Gasteiger partial charge in [-0.3, -0.25) is 4.79 Å². The third-order valence-corrected chi connectivity index (χ3v) is 3.07. The van der Waals surface area contributed by atoms with Crippen molar-refractivity contribution in [2.45, 2.75) is 6.92 Å². The van der Waals surface area contributed by atoms with E-state index in [4.69, 9.17) is 9.90 Å². The van der Waals surface area contributed by atoms with Crippen molar-refractivity contribution in [2.75, 3.05) is 10.6 Å². The number of guanidine groups is 1. The van der Waals surface area contributed by atoms with Crippen molar-refractivity contribution >= 4 is 29.0 Å². The van der Waals surface area contributed by atoms with E-state index in [9.17, 15) is 0 Å². The summed E-state index contributed by atoms with van der Waals surface area (Å²) in [6, 6.07) is 29.8. The van der Waals surface area contributed by atoms with Crippen LogP contribution in [0.4, 0.5) is 17.1 Å². The lowest BCUT2D eigenvalue weighted by Gasteiger charge is -2.12. The number of rotatable bonds is 3. The number of carboxylic acids is 1. The summed E-state index contributed by atoms with van der Waals surface area (Å²) in [5.74, 6) is -0.149. The van der Waals surface area contributed by atoms with Gasteiger partial charge in [0.25, 0.3) is 5.97 Å². The number of hydrogen-bond donors (Lipinski definition) is 3. The second kappa shape index (κ2) is 10.3. The molecule has 0 bridgehead atoms. The molecule has 132 valence electrons. The van der Waals surface area contributed by atoms with Crippen LogP contribution in [-0.2, 0) is 4.79 Å². The number of para-hydroxylation sites is 3. The minimum absolute atomic E-state index is 0.684. The van der Waals surface area contributed by atoms with Gasteiger partial charge in [0.2, 0.25) is 5.96 Å². The maximum Gasteiger partial charge on any atom is 0.300 e. The number of nitrogens with zero attached hydrogens (tertiary/aromatic N) is 1. The quantitative estimate of drug-likeness (QED) is 0.461. The topological polar surface area (TPSA) is 73.7 Å². The average molecular weight is 347 g/mol. The summed E-state index contributed by atoms with van der Waals surface area (Å²) in [5.41, 5.74) is 2.87. The highest BCUT2D eigenvalue weighted by Gasteiger charge is 2.01. The van der Waals surface area contributed by atoms with Gasteiger partial charge in [0, 0.05) is 18.3 Å². The number of hydrogen-bond acceptors (Lipinski definition) is 2. The van der Waals surface area contributed by atoms with Crippen LogP contribution < -0.4 is 10.6 Å². The minimum atomic E-state index is -0.833. The van der Waals surface area contributed by atoms with E-state index in [-0.39, 0.29) is 0 Å². The third-order valence-electron chi connectivity index (χ3n) is 3.07. The van der Waals surface area contributed by atoms with Crippen LogP contribution in [-0.4, -0.2) is 17.0 Å². The molecule has 0 aliphatic carbocycles. The predicted molar refractivity (Wildman–Crippen MR) is 107 cm³/mol. The van der Waals surface area contributed by atoms with Gasteiger partial charge in [-0.2, -0.15) is 0 Å². The van der Waals surface area contributed by atoms with E-state index in [1.807, 2.05) is 91.0 Å². The Balaban J connectivity index is 0.000000552. The molecule has 5 nitrogen and oxygen atoms in total. The first-order valence-electron chi connectivity index (χ1n) is 8.11. The zero-order valence-corrected chi connectivity index (χ0v) is 14.5. The smallest absolute Gasteiger partial charge is 0.300 e. The number of carboxylic acid groups (broad SMARTS) is 1. The highest BCUT2D eigenvalue weighted by molar-refractivity contribution is 6.04. The van der Waals surface area contributed by atoms with Crippen molar-refractivity contribution in [3.63, 3.8) is 0 Å². The van der Waals surface area contributed by atoms with Crippen molar-refractivity contribution in [1.29, 1.82) is 0 Å². The van der Waals surface area contributed by atoms with E-state index >= 15 is 0 Å². The molecule has 3 aromatic carbocycles. The van der Waals surface area contributed by atoms with E-state index in [0.717, 1.165) is 24.0 Å². The van der Waals surface area contributed by atoms with Gasteiger partial charge >= 0.3 is 0 Å². The lowest BCUT2D eigenvalue weighted by Crippen LogP contribution is -2.21. The first-order valence-corrected chi connectivity index (χ1v) is 8.11. The van der Waals surface area contributed by atoms with Crippen LogP contribution in [0.5, 0.6) is 0 Å². The van der Waals surface area contributed by atoms with E-state index in [1.165, 1.54) is 0 Å². The molecule has 0 saturated heterocycles. The predicted octanol–water partition coefficient (Wildman–Crippen LogP) is 4.99. The third kappa shape index (κ3) is 7.31. The average Bonchev–Trinajstić information content (AvgIpc) is 2.64. The van der Waals surface area contributed by atoms with E-state index in [1.54, 1.807) is 0 Å². The summed E-state index contributed by atoms with van der Waals surface area (Å²) in [5, 5.41) is 14.0. The molecule has 0 aromatic heterocycles. The summed E-state index contributed by atoms with van der Waals surface area (Å²) in [7, 11) is 0. The number of benzene rings is 3. The zero-order valence-electron chi connectivity index (χ0n) is 14.5. The standard InChI is InChI=1S/C19H17N3.C2H4O2/c1-4-10-16(11-5-1)20-19(21-17-12-6-2-7-13-17)22-18-14-8-3-9-15-18;1-2(3)4/h1-15H,(H2,20,21,22);1H3,(H,3,4). The van der Waals surface area contributed by atoms with Crippen molar-refractivity contribution < 1.29 is 9.90 Å². The lowest BCUT2D eigenvalue weighted by molar-refractivity contribution is -0.134. The molecule has 0 aliphatic heterocycles. The largest absolute Gasteiger partial charge is 0.481 e. The maximum absolute atomic E-state index is 9.00. The fourth-order valence-corrected chi connectivity index (χ4v) is 2.04. The second-order valence-corrected chi connectivity index (χ2v) is 5.30. The highest BCUT2D eigenvalue weighted by Crippen LogP contribution is 2.14. The Hall–Kier alpha value is -3.60. The number of nitrogens with one attached hydrogen (secondary N) is 2. The molecule has 3 rings (SSSR count). The molecule has 0 amide bonds. The van der Waals surface area contributed by atoms with Gasteiger partial charge in [-0.05, 0) is 36.4 Å². The molecular weight excluding hydrogens is 326 g/mol. The summed E-state index contributed by atoms with van der Waals surface area (Å²) in [6.45, 7) is 1.08. The van der Waals surface area contributed by atoms with Crippen molar-refractivity contribution in [1.82, 2.24) is 0 Å². The number of carbonyl (C=O) groups is 1. The summed E-state index contributed by atoms with van der Waals surface area (Å²) in [6.07, 6.45) is 0. The van der Waals surface area contributed by atoms with Gasteiger partial charge in [-0.1, -0.05) is 54.6 Å². The van der Waals surface area contributed by atoms with E-state index in [2.05, 4.69) is 15.6 Å². The zero-order chi connectivity index (χ0) is 18.6. The van der Waals surface area contributed by atoms with Crippen LogP contribution in [0, 0.1) is 0 Å². The Morgan fingerprint density at radius 1 is 0.731 bits per heavy atom. The van der Waals surface area contributed by atoms with Crippen molar-refractivity contribution in [3.05, 3.63) is 91.0 Å². The van der Waals surface area contributed by atoms with Gasteiger partial charge in [0.1, 0.15) is 0 Å². The fourth-order valence-electron chi connectivity index (χ4n) is 2.04. The molecular formula is C21H21N3O2. The second-order valence-electron chi connectivity index (χ2n) is 5.30. The van der Waals surface area contributed by atoms with Crippen LogP contribution in [0.1, 0.15) is 6.92 Å². The first-order chi connectivity index (χ1) is 12.6. The fraction of sp³-hybridized carbons (Fsp3) is 0.0476. The van der Waals surface area contributed by atoms with Crippen molar-refractivity contribution in [3.8, 4) is 0 Å². The summed E-state index contributed by atoms with van der Waals surface area (Å²) in [4.78, 5) is 13.6. The number of aliphatic imine (C=N–C) groups is 1. The van der Waals surface area contributed by atoms with Crippen LogP contribution in [0.2, 0.25) is 0 Å². The first kappa shape index (κ1) is 18.7. The van der Waals surface area contributed by atoms with Gasteiger partial charge in [0.05, 0.1) is 5.69 Å². The Morgan fingerprint density at radius 3 is 1.46 bits per heavy atom. The number of aliphatic carboxylic acids is 1. The van der Waals surface area contributed by atoms with Crippen LogP contribution >= 0.6 is 0 Å². The summed E-state index contributed by atoms with van der Waals surface area (Å²) >= 11 is 0. The molecule has 0 radical (unpaired) electrons. The molecule has 3 aromatic rings. The van der Waals surface area contributed by atoms with Gasteiger partial charge in [-0.15, -0.1) is 0 Å². The van der Waals surface area contributed by atoms with E-state index < -0.39 is 5.97 Å². The molecule has 0 heterocycles. The highest BCUT2D eigenvalue weighted by atomic mass is 16.4. The molecule has 0 spiro atoms. The van der Waals surface area contributed by atoms with Crippen LogP contribution in [0.15, 0.2) is 96.0 Å². The van der Waals surface area contributed by atoms with Crippen molar-refractivity contribution in [2.24, 2.45) is 4.99 Å². The number of anilines is 2. The molecule has 0 fully saturated rings. The van der Waals surface area contributed by atoms with Gasteiger partial charge < -0.3 is 15.7 Å². The Bertz CT molecular complexity index is 772. The summed E-state index contributed by atoms with van der Waals surface area (Å²) < 4.78 is 0. The minimum Gasteiger partial charge on any atom is -0.481 e. The normalized spacial score (nSPS) is 9.27. The Labute approximate surface area is 153 Å². The van der Waals surface area contributed by atoms with E-state index in [0.29, 0.717) is 5.96 Å².